The number of rotatable bonds is 5. The summed E-state index contributed by atoms with van der Waals surface area (Å²) in [5.41, 5.74) is 7.15. The molecule has 0 unspecified atom stereocenters. The maximum Gasteiger partial charge on any atom is 0.201 e. The number of H-pyrrole nitrogens is 1. The van der Waals surface area contributed by atoms with Gasteiger partial charge in [0.1, 0.15) is 0 Å². The number of fused-ring (bicyclic) bond motifs is 1. The van der Waals surface area contributed by atoms with Crippen LogP contribution in [0.4, 0.5) is 0 Å². The molecular weight excluding hydrogens is 308 g/mol. The van der Waals surface area contributed by atoms with Crippen LogP contribution in [-0.2, 0) is 6.42 Å². The standard InChI is InChI=1S/C22H22N2O/c1-5-17-10-15(3)22-19(11-17)12-20(24-22)21(25)9-14(2)8-18-6-7-23-13-16(18)4/h5-7,9-13,24H,1,8H2,2-4H3/b14-9-. The number of hydrogen-bond donors (Lipinski definition) is 1. The molecule has 2 aromatic heterocycles. The van der Waals surface area contributed by atoms with Crippen LogP contribution in [0.25, 0.3) is 17.0 Å². The molecule has 126 valence electrons. The van der Waals surface area contributed by atoms with E-state index in [9.17, 15) is 4.79 Å². The van der Waals surface area contributed by atoms with E-state index in [1.54, 1.807) is 12.3 Å². The van der Waals surface area contributed by atoms with Gasteiger partial charge in [0.15, 0.2) is 0 Å². The topological polar surface area (TPSA) is 45.8 Å². The number of hydrogen-bond acceptors (Lipinski definition) is 2. The van der Waals surface area contributed by atoms with Crippen molar-refractivity contribution < 1.29 is 4.79 Å². The molecule has 0 spiro atoms. The summed E-state index contributed by atoms with van der Waals surface area (Å²) in [5, 5.41) is 1.04. The van der Waals surface area contributed by atoms with Crippen molar-refractivity contribution in [3.05, 3.63) is 82.8 Å². The van der Waals surface area contributed by atoms with Gasteiger partial charge in [-0.2, -0.15) is 0 Å². The molecule has 2 heterocycles. The summed E-state index contributed by atoms with van der Waals surface area (Å²) in [6, 6.07) is 8.02. The van der Waals surface area contributed by atoms with Gasteiger partial charge in [-0.15, -0.1) is 0 Å². The lowest BCUT2D eigenvalue weighted by Gasteiger charge is -2.04. The van der Waals surface area contributed by atoms with Gasteiger partial charge in [0.25, 0.3) is 0 Å². The van der Waals surface area contributed by atoms with E-state index in [4.69, 9.17) is 0 Å². The summed E-state index contributed by atoms with van der Waals surface area (Å²) in [5.74, 6) is -0.0000350. The van der Waals surface area contributed by atoms with Crippen LogP contribution < -0.4 is 0 Å². The largest absolute Gasteiger partial charge is 0.352 e. The number of aromatic amines is 1. The molecule has 0 atom stereocenters. The molecule has 0 fully saturated rings. The van der Waals surface area contributed by atoms with Crippen molar-refractivity contribution in [1.29, 1.82) is 0 Å². The third-order valence-electron chi connectivity index (χ3n) is 4.43. The number of pyridine rings is 1. The molecule has 0 saturated heterocycles. The van der Waals surface area contributed by atoms with E-state index in [0.29, 0.717) is 5.69 Å². The van der Waals surface area contributed by atoms with Crippen LogP contribution in [0, 0.1) is 13.8 Å². The average molecular weight is 330 g/mol. The first-order valence-corrected chi connectivity index (χ1v) is 8.34. The van der Waals surface area contributed by atoms with Gasteiger partial charge in [-0.25, -0.2) is 0 Å². The molecule has 25 heavy (non-hydrogen) atoms. The van der Waals surface area contributed by atoms with Crippen LogP contribution in [-0.4, -0.2) is 15.8 Å². The Hall–Kier alpha value is -2.94. The van der Waals surface area contributed by atoms with E-state index in [2.05, 4.69) is 22.6 Å². The zero-order chi connectivity index (χ0) is 18.0. The van der Waals surface area contributed by atoms with Gasteiger partial charge in [0.2, 0.25) is 5.78 Å². The summed E-state index contributed by atoms with van der Waals surface area (Å²) in [4.78, 5) is 20.0. The molecule has 1 N–H and O–H groups in total. The lowest BCUT2D eigenvalue weighted by atomic mass is 10.0. The lowest BCUT2D eigenvalue weighted by Crippen LogP contribution is -1.98. The van der Waals surface area contributed by atoms with Crippen molar-refractivity contribution in [2.45, 2.75) is 27.2 Å². The Balaban J connectivity index is 1.87. The van der Waals surface area contributed by atoms with E-state index in [1.807, 2.05) is 51.2 Å². The highest BCUT2D eigenvalue weighted by Crippen LogP contribution is 2.23. The van der Waals surface area contributed by atoms with E-state index in [-0.39, 0.29) is 5.78 Å². The van der Waals surface area contributed by atoms with Gasteiger partial charge in [0.05, 0.1) is 5.69 Å². The predicted molar refractivity (Wildman–Crippen MR) is 104 cm³/mol. The Labute approximate surface area is 148 Å². The van der Waals surface area contributed by atoms with Crippen molar-refractivity contribution in [2.24, 2.45) is 0 Å². The Bertz CT molecular complexity index is 992. The fourth-order valence-electron chi connectivity index (χ4n) is 3.06. The Morgan fingerprint density at radius 2 is 2.04 bits per heavy atom. The molecule has 0 bridgehead atoms. The number of carbonyl (C=O) groups excluding carboxylic acids is 1. The minimum Gasteiger partial charge on any atom is -0.352 e. The number of carbonyl (C=O) groups is 1. The Kier molecular flexibility index (Phi) is 4.66. The second kappa shape index (κ2) is 6.89. The summed E-state index contributed by atoms with van der Waals surface area (Å²) >= 11 is 0. The molecule has 3 aromatic rings. The monoisotopic (exact) mass is 330 g/mol. The van der Waals surface area contributed by atoms with E-state index >= 15 is 0 Å². The second-order valence-corrected chi connectivity index (χ2v) is 6.52. The molecular formula is C22H22N2O. The molecule has 0 aliphatic carbocycles. The van der Waals surface area contributed by atoms with Crippen LogP contribution in [0.5, 0.6) is 0 Å². The summed E-state index contributed by atoms with van der Waals surface area (Å²) in [6.07, 6.45) is 7.92. The number of nitrogens with zero attached hydrogens (tertiary/aromatic N) is 1. The lowest BCUT2D eigenvalue weighted by molar-refractivity contribution is 0.104. The fraction of sp³-hybridized carbons (Fsp3) is 0.182. The maximum absolute atomic E-state index is 12.6. The van der Waals surface area contributed by atoms with Crippen molar-refractivity contribution in [1.82, 2.24) is 9.97 Å². The van der Waals surface area contributed by atoms with Crippen molar-refractivity contribution in [3.63, 3.8) is 0 Å². The van der Waals surface area contributed by atoms with Crippen molar-refractivity contribution in [3.8, 4) is 0 Å². The fourth-order valence-corrected chi connectivity index (χ4v) is 3.06. The smallest absolute Gasteiger partial charge is 0.201 e. The third-order valence-corrected chi connectivity index (χ3v) is 4.43. The molecule has 0 aliphatic rings. The molecule has 0 aliphatic heterocycles. The first kappa shape index (κ1) is 16.9. The third kappa shape index (κ3) is 3.61. The van der Waals surface area contributed by atoms with Crippen LogP contribution in [0.3, 0.4) is 0 Å². The van der Waals surface area contributed by atoms with Gasteiger partial charge < -0.3 is 4.98 Å². The van der Waals surface area contributed by atoms with Gasteiger partial charge in [-0.1, -0.05) is 18.2 Å². The van der Waals surface area contributed by atoms with Crippen LogP contribution in [0.1, 0.15) is 39.7 Å². The summed E-state index contributed by atoms with van der Waals surface area (Å²) < 4.78 is 0. The molecule has 0 amide bonds. The van der Waals surface area contributed by atoms with Crippen LogP contribution >= 0.6 is 0 Å². The van der Waals surface area contributed by atoms with Gasteiger partial charge in [-0.05, 0) is 79.8 Å². The zero-order valence-corrected chi connectivity index (χ0v) is 14.9. The molecule has 0 saturated carbocycles. The second-order valence-electron chi connectivity index (χ2n) is 6.52. The van der Waals surface area contributed by atoms with E-state index in [0.717, 1.165) is 39.6 Å². The Morgan fingerprint density at radius 3 is 2.76 bits per heavy atom. The van der Waals surface area contributed by atoms with E-state index in [1.165, 1.54) is 5.56 Å². The highest BCUT2D eigenvalue weighted by Gasteiger charge is 2.10. The molecule has 3 heteroatoms. The van der Waals surface area contributed by atoms with Crippen molar-refractivity contribution in [2.75, 3.05) is 0 Å². The minimum atomic E-state index is -0.0000350. The van der Waals surface area contributed by atoms with Gasteiger partial charge in [-0.3, -0.25) is 9.78 Å². The number of nitrogens with one attached hydrogen (secondary N) is 1. The zero-order valence-electron chi connectivity index (χ0n) is 14.9. The minimum absolute atomic E-state index is 0.0000350. The normalized spacial score (nSPS) is 11.7. The van der Waals surface area contributed by atoms with Gasteiger partial charge in [0, 0.05) is 23.3 Å². The number of aromatic nitrogens is 2. The summed E-state index contributed by atoms with van der Waals surface area (Å²) in [6.45, 7) is 9.88. The molecule has 3 rings (SSSR count). The van der Waals surface area contributed by atoms with Crippen LogP contribution in [0.2, 0.25) is 0 Å². The maximum atomic E-state index is 12.6. The Morgan fingerprint density at radius 1 is 1.24 bits per heavy atom. The van der Waals surface area contributed by atoms with Crippen LogP contribution in [0.15, 0.2) is 54.9 Å². The highest BCUT2D eigenvalue weighted by atomic mass is 16.1. The number of benzene rings is 1. The van der Waals surface area contributed by atoms with E-state index < -0.39 is 0 Å². The van der Waals surface area contributed by atoms with Gasteiger partial charge >= 0.3 is 0 Å². The quantitative estimate of drug-likeness (QED) is 0.516. The van der Waals surface area contributed by atoms with Crippen molar-refractivity contribution >= 4 is 22.8 Å². The molecule has 1 aromatic carbocycles. The molecule has 0 radical (unpaired) electrons. The first-order valence-electron chi connectivity index (χ1n) is 8.34. The summed E-state index contributed by atoms with van der Waals surface area (Å²) in [7, 11) is 0. The highest BCUT2D eigenvalue weighted by molar-refractivity contribution is 6.07. The first-order chi connectivity index (χ1) is 12.0. The SMILES string of the molecule is C=Cc1cc(C)c2[nH]c(C(=O)/C=C(/C)Cc3ccncc3C)cc2c1. The number of aryl methyl sites for hydroxylation is 2. The number of ketones is 1. The number of allylic oxidation sites excluding steroid dienone is 2. The molecule has 3 nitrogen and oxygen atoms in total. The predicted octanol–water partition coefficient (Wildman–Crippen LogP) is 5.19. The average Bonchev–Trinajstić information content (AvgIpc) is 3.01.